The van der Waals surface area contributed by atoms with Crippen LogP contribution >= 0.6 is 0 Å². The number of aromatic hydroxyl groups is 1. The summed E-state index contributed by atoms with van der Waals surface area (Å²) in [6.45, 7) is 6.14. The minimum atomic E-state index is 0.119. The molecule has 3 heteroatoms. The van der Waals surface area contributed by atoms with Crippen LogP contribution in [-0.4, -0.2) is 14.9 Å². The van der Waals surface area contributed by atoms with Gasteiger partial charge in [0, 0.05) is 6.04 Å². The summed E-state index contributed by atoms with van der Waals surface area (Å²) in [5.74, 6) is 0.119. The molecule has 0 fully saturated rings. The molecule has 0 saturated heterocycles. The number of fused-ring (bicyclic) bond motifs is 1. The van der Waals surface area contributed by atoms with Crippen molar-refractivity contribution in [3.63, 3.8) is 0 Å². The normalized spacial score (nSPS) is 11.4. The number of hydrogen-bond donors (Lipinski definition) is 1. The van der Waals surface area contributed by atoms with Gasteiger partial charge in [-0.3, -0.25) is 4.68 Å². The molecule has 0 unspecified atom stereocenters. The van der Waals surface area contributed by atoms with Crippen molar-refractivity contribution < 1.29 is 5.11 Å². The number of rotatable bonds is 1. The van der Waals surface area contributed by atoms with E-state index >= 15 is 0 Å². The monoisotopic (exact) mass is 190 g/mol. The topological polar surface area (TPSA) is 38.1 Å². The lowest BCUT2D eigenvalue weighted by molar-refractivity contribution is 0.431. The Morgan fingerprint density at radius 1 is 1.36 bits per heavy atom. The van der Waals surface area contributed by atoms with Gasteiger partial charge in [0.2, 0.25) is 5.88 Å². The van der Waals surface area contributed by atoms with Crippen LogP contribution in [-0.2, 0) is 0 Å². The zero-order valence-corrected chi connectivity index (χ0v) is 8.65. The molecule has 0 aliphatic rings. The van der Waals surface area contributed by atoms with Gasteiger partial charge in [0.15, 0.2) is 0 Å². The van der Waals surface area contributed by atoms with Crippen molar-refractivity contribution in [2.24, 2.45) is 0 Å². The molecule has 0 aliphatic carbocycles. The summed E-state index contributed by atoms with van der Waals surface area (Å²) in [5.41, 5.74) is 2.18. The fourth-order valence-electron chi connectivity index (χ4n) is 1.62. The van der Waals surface area contributed by atoms with Gasteiger partial charge in [0.25, 0.3) is 0 Å². The predicted molar refractivity (Wildman–Crippen MR) is 56.5 cm³/mol. The van der Waals surface area contributed by atoms with E-state index in [0.29, 0.717) is 0 Å². The zero-order valence-electron chi connectivity index (χ0n) is 8.65. The third kappa shape index (κ3) is 1.25. The lowest BCUT2D eigenvalue weighted by Crippen LogP contribution is -2.01. The summed E-state index contributed by atoms with van der Waals surface area (Å²) in [4.78, 5) is 0. The fourth-order valence-corrected chi connectivity index (χ4v) is 1.62. The van der Waals surface area contributed by atoms with Crippen LogP contribution in [0.2, 0.25) is 0 Å². The van der Waals surface area contributed by atoms with E-state index in [0.717, 1.165) is 10.9 Å². The average Bonchev–Trinajstić information content (AvgIpc) is 2.43. The van der Waals surface area contributed by atoms with Crippen LogP contribution in [0.3, 0.4) is 0 Å². The second-order valence-corrected chi connectivity index (χ2v) is 3.88. The molecule has 0 aliphatic heterocycles. The van der Waals surface area contributed by atoms with Crippen LogP contribution in [0.4, 0.5) is 0 Å². The maximum atomic E-state index is 9.60. The van der Waals surface area contributed by atoms with Crippen molar-refractivity contribution >= 4 is 10.9 Å². The molecule has 0 spiro atoms. The highest BCUT2D eigenvalue weighted by Crippen LogP contribution is 2.26. The number of benzene rings is 1. The van der Waals surface area contributed by atoms with E-state index in [2.05, 4.69) is 5.10 Å². The number of hydrogen-bond acceptors (Lipinski definition) is 2. The maximum absolute atomic E-state index is 9.60. The van der Waals surface area contributed by atoms with Gasteiger partial charge in [-0.2, -0.15) is 0 Å². The van der Waals surface area contributed by atoms with E-state index < -0.39 is 0 Å². The maximum Gasteiger partial charge on any atom is 0.238 e. The minimum absolute atomic E-state index is 0.119. The Labute approximate surface area is 83.0 Å². The van der Waals surface area contributed by atoms with Crippen LogP contribution in [0.1, 0.15) is 25.5 Å². The lowest BCUT2D eigenvalue weighted by Gasteiger charge is -2.06. The third-order valence-electron chi connectivity index (χ3n) is 2.33. The molecule has 3 nitrogen and oxygen atoms in total. The fraction of sp³-hybridized carbons (Fsp3) is 0.364. The van der Waals surface area contributed by atoms with E-state index in [4.69, 9.17) is 0 Å². The van der Waals surface area contributed by atoms with Crippen molar-refractivity contribution in [3.8, 4) is 5.88 Å². The van der Waals surface area contributed by atoms with Crippen molar-refractivity contribution in [1.82, 2.24) is 9.78 Å². The average molecular weight is 190 g/mol. The molecule has 1 heterocycles. The largest absolute Gasteiger partial charge is 0.492 e. The molecular formula is C11H14N2O. The standard InChI is InChI=1S/C11H14N2O/c1-7(2)13-10-6-8(3)4-5-9(10)11(14)12-13/h4-7H,1-3H3,(H,12,14). The smallest absolute Gasteiger partial charge is 0.238 e. The summed E-state index contributed by atoms with van der Waals surface area (Å²) in [6, 6.07) is 6.20. The molecule has 0 bridgehead atoms. The molecule has 74 valence electrons. The lowest BCUT2D eigenvalue weighted by atomic mass is 10.2. The van der Waals surface area contributed by atoms with E-state index in [1.165, 1.54) is 5.56 Å². The van der Waals surface area contributed by atoms with Crippen LogP contribution in [0.15, 0.2) is 18.2 Å². The Bertz CT molecular complexity index is 471. The molecule has 0 amide bonds. The van der Waals surface area contributed by atoms with Gasteiger partial charge in [0.05, 0.1) is 10.9 Å². The van der Waals surface area contributed by atoms with Gasteiger partial charge in [-0.15, -0.1) is 5.10 Å². The van der Waals surface area contributed by atoms with E-state index in [1.54, 1.807) is 0 Å². The quantitative estimate of drug-likeness (QED) is 0.750. The first-order valence-electron chi connectivity index (χ1n) is 4.77. The van der Waals surface area contributed by atoms with Gasteiger partial charge in [0.1, 0.15) is 0 Å². The van der Waals surface area contributed by atoms with Crippen molar-refractivity contribution in [2.75, 3.05) is 0 Å². The van der Waals surface area contributed by atoms with Crippen molar-refractivity contribution in [3.05, 3.63) is 23.8 Å². The summed E-state index contributed by atoms with van der Waals surface area (Å²) < 4.78 is 1.84. The van der Waals surface area contributed by atoms with Gasteiger partial charge in [-0.05, 0) is 38.5 Å². The van der Waals surface area contributed by atoms with Crippen LogP contribution < -0.4 is 0 Å². The van der Waals surface area contributed by atoms with E-state index in [9.17, 15) is 5.11 Å². The Morgan fingerprint density at radius 2 is 2.07 bits per heavy atom. The predicted octanol–water partition coefficient (Wildman–Crippen LogP) is 2.63. The highest BCUT2D eigenvalue weighted by Gasteiger charge is 2.10. The second kappa shape index (κ2) is 3.01. The molecule has 2 aromatic rings. The minimum Gasteiger partial charge on any atom is -0.492 e. The van der Waals surface area contributed by atoms with Gasteiger partial charge in [-0.25, -0.2) is 0 Å². The second-order valence-electron chi connectivity index (χ2n) is 3.88. The molecule has 0 radical (unpaired) electrons. The van der Waals surface area contributed by atoms with Gasteiger partial charge < -0.3 is 5.11 Å². The first-order valence-corrected chi connectivity index (χ1v) is 4.77. The summed E-state index contributed by atoms with van der Waals surface area (Å²) >= 11 is 0. The first-order chi connectivity index (χ1) is 6.59. The Kier molecular flexibility index (Phi) is 1.95. The summed E-state index contributed by atoms with van der Waals surface area (Å²) in [7, 11) is 0. The summed E-state index contributed by atoms with van der Waals surface area (Å²) in [5, 5.41) is 14.5. The number of nitrogens with zero attached hydrogens (tertiary/aromatic N) is 2. The molecule has 1 N–H and O–H groups in total. The zero-order chi connectivity index (χ0) is 10.3. The Morgan fingerprint density at radius 3 is 2.71 bits per heavy atom. The van der Waals surface area contributed by atoms with Crippen LogP contribution in [0.5, 0.6) is 5.88 Å². The molecular weight excluding hydrogens is 176 g/mol. The Hall–Kier alpha value is -1.51. The molecule has 0 saturated carbocycles. The highest BCUT2D eigenvalue weighted by molar-refractivity contribution is 5.84. The van der Waals surface area contributed by atoms with Crippen molar-refractivity contribution in [2.45, 2.75) is 26.8 Å². The van der Waals surface area contributed by atoms with Gasteiger partial charge >= 0.3 is 0 Å². The molecule has 2 rings (SSSR count). The molecule has 14 heavy (non-hydrogen) atoms. The SMILES string of the molecule is Cc1ccc2c(O)nn(C(C)C)c2c1. The molecule has 0 atom stereocenters. The molecule has 1 aromatic heterocycles. The van der Waals surface area contributed by atoms with E-state index in [1.807, 2.05) is 43.7 Å². The summed E-state index contributed by atoms with van der Waals surface area (Å²) in [6.07, 6.45) is 0. The third-order valence-corrected chi connectivity index (χ3v) is 2.33. The first kappa shape index (κ1) is 9.06. The number of aryl methyl sites for hydroxylation is 1. The Balaban J connectivity index is 2.79. The van der Waals surface area contributed by atoms with Crippen molar-refractivity contribution in [1.29, 1.82) is 0 Å². The molecule has 1 aromatic carbocycles. The van der Waals surface area contributed by atoms with Gasteiger partial charge in [-0.1, -0.05) is 6.07 Å². The highest BCUT2D eigenvalue weighted by atomic mass is 16.3. The van der Waals surface area contributed by atoms with E-state index in [-0.39, 0.29) is 11.9 Å². The van der Waals surface area contributed by atoms with Crippen LogP contribution in [0, 0.1) is 6.92 Å². The van der Waals surface area contributed by atoms with Crippen LogP contribution in [0.25, 0.3) is 10.9 Å². The number of aromatic nitrogens is 2.